The molecule has 0 fully saturated rings. The van der Waals surface area contributed by atoms with Gasteiger partial charge in [0.1, 0.15) is 0 Å². The maximum absolute atomic E-state index is 9.03. The van der Waals surface area contributed by atoms with Crippen LogP contribution in [0.1, 0.15) is 40.8 Å². The van der Waals surface area contributed by atoms with Gasteiger partial charge in [0.15, 0.2) is 0 Å². The lowest BCUT2D eigenvalue weighted by Crippen LogP contribution is -2.18. The predicted octanol–water partition coefficient (Wildman–Crippen LogP) is 3.65. The van der Waals surface area contributed by atoms with E-state index in [4.69, 9.17) is 5.11 Å². The van der Waals surface area contributed by atoms with Crippen molar-refractivity contribution in [3.8, 4) is 0 Å². The lowest BCUT2D eigenvalue weighted by atomic mass is 10.0. The monoisotopic (exact) mass is 269 g/mol. The van der Waals surface area contributed by atoms with E-state index in [-0.39, 0.29) is 6.61 Å². The predicted molar refractivity (Wildman–Crippen MR) is 83.5 cm³/mol. The number of hydrogen-bond donors (Lipinski definition) is 2. The normalized spacial score (nSPS) is 12.4. The molecule has 0 aromatic heterocycles. The van der Waals surface area contributed by atoms with Crippen LogP contribution in [0.25, 0.3) is 0 Å². The molecule has 0 amide bonds. The van der Waals surface area contributed by atoms with E-state index in [1.165, 1.54) is 22.3 Å². The molecular formula is C18H23NO. The standard InChI is InChI=1S/C18H23NO/c1-13-8-14(2)10-18(9-13)15(3)19-11-16-4-6-17(12-20)7-5-16/h4-10,15,19-20H,11-12H2,1-3H3/t15-/m0/s1. The maximum atomic E-state index is 9.03. The van der Waals surface area contributed by atoms with Crippen molar-refractivity contribution in [1.29, 1.82) is 0 Å². The summed E-state index contributed by atoms with van der Waals surface area (Å²) in [5.41, 5.74) is 6.13. The molecule has 2 nitrogen and oxygen atoms in total. The minimum absolute atomic E-state index is 0.104. The van der Waals surface area contributed by atoms with Crippen molar-refractivity contribution < 1.29 is 5.11 Å². The Balaban J connectivity index is 1.98. The minimum Gasteiger partial charge on any atom is -0.392 e. The molecule has 0 bridgehead atoms. The van der Waals surface area contributed by atoms with E-state index in [9.17, 15) is 0 Å². The van der Waals surface area contributed by atoms with Crippen LogP contribution in [0, 0.1) is 13.8 Å². The minimum atomic E-state index is 0.104. The Morgan fingerprint density at radius 1 is 0.950 bits per heavy atom. The van der Waals surface area contributed by atoms with Gasteiger partial charge in [0.2, 0.25) is 0 Å². The molecule has 20 heavy (non-hydrogen) atoms. The van der Waals surface area contributed by atoms with Crippen LogP contribution in [-0.2, 0) is 13.2 Å². The maximum Gasteiger partial charge on any atom is 0.0681 e. The summed E-state index contributed by atoms with van der Waals surface area (Å²) < 4.78 is 0. The summed E-state index contributed by atoms with van der Waals surface area (Å²) in [4.78, 5) is 0. The van der Waals surface area contributed by atoms with Crippen LogP contribution in [0.3, 0.4) is 0 Å². The van der Waals surface area contributed by atoms with Crippen molar-refractivity contribution in [1.82, 2.24) is 5.32 Å². The molecule has 2 aromatic rings. The second-order valence-electron chi connectivity index (χ2n) is 5.50. The highest BCUT2D eigenvalue weighted by atomic mass is 16.3. The summed E-state index contributed by atoms with van der Waals surface area (Å²) in [5.74, 6) is 0. The average Bonchev–Trinajstić information content (AvgIpc) is 2.44. The van der Waals surface area contributed by atoms with Gasteiger partial charge in [-0.05, 0) is 37.5 Å². The fourth-order valence-corrected chi connectivity index (χ4v) is 2.41. The molecule has 0 spiro atoms. The third-order valence-corrected chi connectivity index (χ3v) is 3.56. The molecule has 0 saturated carbocycles. The van der Waals surface area contributed by atoms with Crippen LogP contribution in [0.2, 0.25) is 0 Å². The quantitative estimate of drug-likeness (QED) is 0.868. The van der Waals surface area contributed by atoms with Gasteiger partial charge in [-0.1, -0.05) is 53.6 Å². The molecule has 2 N–H and O–H groups in total. The molecule has 0 heterocycles. The lowest BCUT2D eigenvalue weighted by Gasteiger charge is -2.16. The topological polar surface area (TPSA) is 32.3 Å². The third-order valence-electron chi connectivity index (χ3n) is 3.56. The van der Waals surface area contributed by atoms with Gasteiger partial charge in [-0.25, -0.2) is 0 Å². The van der Waals surface area contributed by atoms with Crippen LogP contribution in [0.4, 0.5) is 0 Å². The molecule has 2 heteroatoms. The smallest absolute Gasteiger partial charge is 0.0681 e. The molecule has 0 saturated heterocycles. The van der Waals surface area contributed by atoms with Crippen LogP contribution in [0.5, 0.6) is 0 Å². The summed E-state index contributed by atoms with van der Waals surface area (Å²) in [6, 6.07) is 15.1. The second-order valence-corrected chi connectivity index (χ2v) is 5.50. The summed E-state index contributed by atoms with van der Waals surface area (Å²) >= 11 is 0. The molecule has 2 rings (SSSR count). The Bertz CT molecular complexity index is 540. The van der Waals surface area contributed by atoms with Gasteiger partial charge in [0, 0.05) is 12.6 Å². The highest BCUT2D eigenvalue weighted by Crippen LogP contribution is 2.17. The van der Waals surface area contributed by atoms with Gasteiger partial charge in [-0.2, -0.15) is 0 Å². The van der Waals surface area contributed by atoms with E-state index in [0.29, 0.717) is 6.04 Å². The molecule has 2 aromatic carbocycles. The van der Waals surface area contributed by atoms with Crippen LogP contribution < -0.4 is 5.32 Å². The van der Waals surface area contributed by atoms with Gasteiger partial charge in [-0.15, -0.1) is 0 Å². The van der Waals surface area contributed by atoms with Crippen LogP contribution >= 0.6 is 0 Å². The Kier molecular flexibility index (Phi) is 4.94. The number of nitrogens with one attached hydrogen (secondary N) is 1. The lowest BCUT2D eigenvalue weighted by molar-refractivity contribution is 0.282. The SMILES string of the molecule is Cc1cc(C)cc([C@H](C)NCc2ccc(CO)cc2)c1. The van der Waals surface area contributed by atoms with Crippen molar-refractivity contribution in [3.05, 3.63) is 70.3 Å². The van der Waals surface area contributed by atoms with Crippen molar-refractivity contribution in [2.45, 2.75) is 40.0 Å². The highest BCUT2D eigenvalue weighted by molar-refractivity contribution is 5.30. The first-order chi connectivity index (χ1) is 9.58. The molecule has 0 aliphatic carbocycles. The molecule has 0 aliphatic heterocycles. The number of aliphatic hydroxyl groups is 1. The first-order valence-electron chi connectivity index (χ1n) is 7.09. The fourth-order valence-electron chi connectivity index (χ4n) is 2.41. The molecule has 0 aliphatic rings. The van der Waals surface area contributed by atoms with Gasteiger partial charge in [-0.3, -0.25) is 0 Å². The van der Waals surface area contributed by atoms with E-state index in [1.54, 1.807) is 0 Å². The van der Waals surface area contributed by atoms with Crippen LogP contribution in [-0.4, -0.2) is 5.11 Å². The molecule has 0 unspecified atom stereocenters. The number of aryl methyl sites for hydroxylation is 2. The van der Waals surface area contributed by atoms with Gasteiger partial charge < -0.3 is 10.4 Å². The van der Waals surface area contributed by atoms with E-state index >= 15 is 0 Å². The van der Waals surface area contributed by atoms with E-state index in [2.05, 4.69) is 56.4 Å². The zero-order chi connectivity index (χ0) is 14.5. The number of hydrogen-bond acceptors (Lipinski definition) is 2. The second kappa shape index (κ2) is 6.69. The highest BCUT2D eigenvalue weighted by Gasteiger charge is 2.06. The number of aliphatic hydroxyl groups excluding tert-OH is 1. The van der Waals surface area contributed by atoms with Crippen LogP contribution in [0.15, 0.2) is 42.5 Å². The van der Waals surface area contributed by atoms with Gasteiger partial charge in [0.25, 0.3) is 0 Å². The van der Waals surface area contributed by atoms with Crippen molar-refractivity contribution in [3.63, 3.8) is 0 Å². The molecule has 0 radical (unpaired) electrons. The summed E-state index contributed by atoms with van der Waals surface area (Å²) in [6.45, 7) is 7.40. The zero-order valence-electron chi connectivity index (χ0n) is 12.5. The molecule has 106 valence electrons. The summed E-state index contributed by atoms with van der Waals surface area (Å²) in [6.07, 6.45) is 0. The fraction of sp³-hybridized carbons (Fsp3) is 0.333. The molecular weight excluding hydrogens is 246 g/mol. The average molecular weight is 269 g/mol. The zero-order valence-corrected chi connectivity index (χ0v) is 12.5. The third kappa shape index (κ3) is 3.92. The Labute approximate surface area is 121 Å². The van der Waals surface area contributed by atoms with Gasteiger partial charge >= 0.3 is 0 Å². The van der Waals surface area contributed by atoms with Crippen molar-refractivity contribution in [2.75, 3.05) is 0 Å². The van der Waals surface area contributed by atoms with E-state index in [1.807, 2.05) is 12.1 Å². The first-order valence-corrected chi connectivity index (χ1v) is 7.09. The molecule has 1 atom stereocenters. The van der Waals surface area contributed by atoms with Gasteiger partial charge in [0.05, 0.1) is 6.61 Å². The van der Waals surface area contributed by atoms with Crippen molar-refractivity contribution >= 4 is 0 Å². The Morgan fingerprint density at radius 2 is 1.50 bits per heavy atom. The van der Waals surface area contributed by atoms with Crippen molar-refractivity contribution in [2.24, 2.45) is 0 Å². The first kappa shape index (κ1) is 14.8. The number of benzene rings is 2. The Morgan fingerprint density at radius 3 is 2.05 bits per heavy atom. The largest absolute Gasteiger partial charge is 0.392 e. The van der Waals surface area contributed by atoms with E-state index in [0.717, 1.165) is 12.1 Å². The number of rotatable bonds is 5. The Hall–Kier alpha value is -1.64. The summed E-state index contributed by atoms with van der Waals surface area (Å²) in [7, 11) is 0. The summed E-state index contributed by atoms with van der Waals surface area (Å²) in [5, 5.41) is 12.6. The van der Waals surface area contributed by atoms with E-state index < -0.39 is 0 Å².